The van der Waals surface area contributed by atoms with E-state index in [0.29, 0.717) is 11.5 Å². The lowest BCUT2D eigenvalue weighted by atomic mass is 10.2. The first-order chi connectivity index (χ1) is 8.93. The van der Waals surface area contributed by atoms with Crippen molar-refractivity contribution in [1.29, 1.82) is 0 Å². The van der Waals surface area contributed by atoms with Gasteiger partial charge in [0.1, 0.15) is 0 Å². The third kappa shape index (κ3) is 2.25. The molecule has 0 aliphatic carbocycles. The van der Waals surface area contributed by atoms with Crippen LogP contribution < -0.4 is 4.90 Å². The van der Waals surface area contributed by atoms with Gasteiger partial charge in [-0.1, -0.05) is 6.07 Å². The summed E-state index contributed by atoms with van der Waals surface area (Å²) >= 11 is 0. The maximum atomic E-state index is 11.4. The monoisotopic (exact) mass is 262 g/mol. The largest absolute Gasteiger partial charge is 0.372 e. The van der Waals surface area contributed by atoms with Crippen LogP contribution in [0.2, 0.25) is 0 Å². The number of fused-ring (bicyclic) bond motifs is 1. The fourth-order valence-electron chi connectivity index (χ4n) is 2.40. The van der Waals surface area contributed by atoms with Crippen LogP contribution in [0.1, 0.15) is 27.7 Å². The predicted octanol–water partition coefficient (Wildman–Crippen LogP) is 2.87. The van der Waals surface area contributed by atoms with Crippen molar-refractivity contribution in [1.82, 2.24) is 9.38 Å². The van der Waals surface area contributed by atoms with Crippen molar-refractivity contribution in [2.45, 2.75) is 39.8 Å². The van der Waals surface area contributed by atoms with E-state index < -0.39 is 0 Å². The number of anilines is 1. The van der Waals surface area contributed by atoms with Crippen LogP contribution >= 0.6 is 0 Å². The van der Waals surface area contributed by atoms with E-state index in [4.69, 9.17) is 0 Å². The van der Waals surface area contributed by atoms with Gasteiger partial charge in [0.15, 0.2) is 0 Å². The molecule has 6 heteroatoms. The van der Waals surface area contributed by atoms with Crippen LogP contribution in [-0.2, 0) is 0 Å². The molecule has 2 heterocycles. The molecule has 0 bridgehead atoms. The van der Waals surface area contributed by atoms with E-state index in [2.05, 4.69) is 4.98 Å². The highest BCUT2D eigenvalue weighted by Crippen LogP contribution is 2.31. The van der Waals surface area contributed by atoms with E-state index in [-0.39, 0.29) is 22.8 Å². The number of nitro groups is 1. The van der Waals surface area contributed by atoms with Gasteiger partial charge in [-0.05, 0) is 38.7 Å². The lowest BCUT2D eigenvalue weighted by molar-refractivity contribution is -0.389. The van der Waals surface area contributed by atoms with Crippen molar-refractivity contribution in [2.24, 2.45) is 0 Å². The third-order valence-corrected chi connectivity index (χ3v) is 3.02. The van der Waals surface area contributed by atoms with Gasteiger partial charge in [-0.15, -0.1) is 0 Å². The molecule has 6 nitrogen and oxygen atoms in total. The van der Waals surface area contributed by atoms with E-state index in [0.717, 1.165) is 0 Å². The maximum Gasteiger partial charge on any atom is 0.372 e. The molecular formula is C13H18N4O2. The van der Waals surface area contributed by atoms with Crippen molar-refractivity contribution in [2.75, 3.05) is 4.90 Å². The highest BCUT2D eigenvalue weighted by Gasteiger charge is 2.29. The highest BCUT2D eigenvalue weighted by atomic mass is 16.6. The summed E-state index contributed by atoms with van der Waals surface area (Å²) in [6.07, 6.45) is 1.67. The van der Waals surface area contributed by atoms with Crippen LogP contribution in [-0.4, -0.2) is 26.4 Å². The quantitative estimate of drug-likeness (QED) is 0.627. The van der Waals surface area contributed by atoms with Crippen molar-refractivity contribution in [3.63, 3.8) is 0 Å². The molecule has 2 aromatic rings. The Morgan fingerprint density at radius 1 is 1.26 bits per heavy atom. The molecule has 0 spiro atoms. The molecule has 0 aliphatic heterocycles. The van der Waals surface area contributed by atoms with Gasteiger partial charge < -0.3 is 15.0 Å². The standard InChI is InChI=1S/C13H18N4O2/c1-9(2)16(10(3)4)12-13(17(18)19)15-8-6-5-7-11(15)14-12/h5-10H,1-4H3. The van der Waals surface area contributed by atoms with Crippen LogP contribution in [0.5, 0.6) is 0 Å². The molecular weight excluding hydrogens is 244 g/mol. The third-order valence-electron chi connectivity index (χ3n) is 3.02. The second-order valence-corrected chi connectivity index (χ2v) is 5.04. The molecule has 0 saturated carbocycles. The normalized spacial score (nSPS) is 11.5. The molecule has 0 N–H and O–H groups in total. The molecule has 0 amide bonds. The zero-order chi connectivity index (χ0) is 14.2. The van der Waals surface area contributed by atoms with Crippen molar-refractivity contribution < 1.29 is 4.92 Å². The molecule has 0 unspecified atom stereocenters. The number of rotatable bonds is 4. The van der Waals surface area contributed by atoms with Crippen LogP contribution in [0.3, 0.4) is 0 Å². The Kier molecular flexibility index (Phi) is 3.42. The second-order valence-electron chi connectivity index (χ2n) is 5.04. The lowest BCUT2D eigenvalue weighted by Crippen LogP contribution is -2.37. The van der Waals surface area contributed by atoms with Gasteiger partial charge in [0.25, 0.3) is 0 Å². The minimum absolute atomic E-state index is 0.0259. The highest BCUT2D eigenvalue weighted by molar-refractivity contribution is 5.64. The Morgan fingerprint density at radius 3 is 2.42 bits per heavy atom. The summed E-state index contributed by atoms with van der Waals surface area (Å²) in [5.41, 5.74) is 0.593. The number of hydrogen-bond acceptors (Lipinski definition) is 4. The van der Waals surface area contributed by atoms with Crippen LogP contribution in [0, 0.1) is 10.1 Å². The molecule has 0 saturated heterocycles. The average Bonchev–Trinajstić information content (AvgIpc) is 2.66. The summed E-state index contributed by atoms with van der Waals surface area (Å²) in [5.74, 6) is 0.458. The molecule has 2 rings (SSSR count). The van der Waals surface area contributed by atoms with E-state index in [1.807, 2.05) is 38.7 Å². The number of pyridine rings is 1. The summed E-state index contributed by atoms with van der Waals surface area (Å²) in [5, 5.41) is 11.4. The number of imidazole rings is 1. The molecule has 2 aromatic heterocycles. The van der Waals surface area contributed by atoms with Crippen LogP contribution in [0.4, 0.5) is 11.6 Å². The summed E-state index contributed by atoms with van der Waals surface area (Å²) in [6, 6.07) is 5.65. The van der Waals surface area contributed by atoms with Crippen molar-refractivity contribution in [3.05, 3.63) is 34.5 Å². The molecule has 0 aliphatic rings. The fourth-order valence-corrected chi connectivity index (χ4v) is 2.40. The minimum Gasteiger partial charge on any atom is -0.358 e. The molecule has 102 valence electrons. The van der Waals surface area contributed by atoms with Gasteiger partial charge in [-0.25, -0.2) is 0 Å². The first-order valence-electron chi connectivity index (χ1n) is 6.33. The SMILES string of the molecule is CC(C)N(c1nc2ccccn2c1[N+](=O)[O-])C(C)C. The topological polar surface area (TPSA) is 63.7 Å². The van der Waals surface area contributed by atoms with Gasteiger partial charge >= 0.3 is 5.82 Å². The Labute approximate surface area is 111 Å². The maximum absolute atomic E-state index is 11.4. The Hall–Kier alpha value is -2.11. The predicted molar refractivity (Wildman–Crippen MR) is 74.6 cm³/mol. The number of aromatic nitrogens is 2. The zero-order valence-electron chi connectivity index (χ0n) is 11.6. The molecule has 0 radical (unpaired) electrons. The number of hydrogen-bond donors (Lipinski definition) is 0. The molecule has 19 heavy (non-hydrogen) atoms. The summed E-state index contributed by atoms with van der Waals surface area (Å²) < 4.78 is 1.52. The van der Waals surface area contributed by atoms with E-state index in [1.54, 1.807) is 18.3 Å². The smallest absolute Gasteiger partial charge is 0.358 e. The summed E-state index contributed by atoms with van der Waals surface area (Å²) in [4.78, 5) is 17.4. The van der Waals surface area contributed by atoms with Crippen LogP contribution in [0.25, 0.3) is 5.65 Å². The first kappa shape index (κ1) is 13.3. The summed E-state index contributed by atoms with van der Waals surface area (Å²) in [6.45, 7) is 8.03. The van der Waals surface area contributed by atoms with E-state index >= 15 is 0 Å². The van der Waals surface area contributed by atoms with Gasteiger partial charge in [-0.2, -0.15) is 9.38 Å². The number of nitrogens with zero attached hydrogens (tertiary/aromatic N) is 4. The molecule has 0 fully saturated rings. The minimum atomic E-state index is -0.368. The van der Waals surface area contributed by atoms with Gasteiger partial charge in [-0.3, -0.25) is 0 Å². The summed E-state index contributed by atoms with van der Waals surface area (Å²) in [7, 11) is 0. The molecule has 0 atom stereocenters. The fraction of sp³-hybridized carbons (Fsp3) is 0.462. The Balaban J connectivity index is 2.71. The lowest BCUT2D eigenvalue weighted by Gasteiger charge is -2.30. The molecule has 0 aromatic carbocycles. The van der Waals surface area contributed by atoms with E-state index in [9.17, 15) is 10.1 Å². The van der Waals surface area contributed by atoms with Crippen molar-refractivity contribution >= 4 is 17.3 Å². The first-order valence-corrected chi connectivity index (χ1v) is 6.33. The second kappa shape index (κ2) is 4.87. The Morgan fingerprint density at radius 2 is 1.89 bits per heavy atom. The van der Waals surface area contributed by atoms with Gasteiger partial charge in [0.05, 0.1) is 6.20 Å². The van der Waals surface area contributed by atoms with E-state index in [1.165, 1.54) is 4.40 Å². The van der Waals surface area contributed by atoms with Crippen LogP contribution in [0.15, 0.2) is 24.4 Å². The van der Waals surface area contributed by atoms with Crippen molar-refractivity contribution in [3.8, 4) is 0 Å². The van der Waals surface area contributed by atoms with Gasteiger partial charge in [0.2, 0.25) is 11.5 Å². The van der Waals surface area contributed by atoms with Gasteiger partial charge in [0, 0.05) is 18.2 Å². The average molecular weight is 262 g/mol. The zero-order valence-corrected chi connectivity index (χ0v) is 11.6. The Bertz CT molecular complexity index is 596.